The van der Waals surface area contributed by atoms with E-state index >= 15 is 0 Å². The Labute approximate surface area is 275 Å². The number of nitrogens with zero attached hydrogens (tertiary/aromatic N) is 3. The summed E-state index contributed by atoms with van der Waals surface area (Å²) in [6.45, 7) is 6.43. The number of hydrogen-bond acceptors (Lipinski definition) is 9. The Morgan fingerprint density at radius 3 is 2.53 bits per heavy atom. The van der Waals surface area contributed by atoms with Crippen LogP contribution in [0.4, 0.5) is 0 Å². The van der Waals surface area contributed by atoms with Gasteiger partial charge in [-0.15, -0.1) is 0 Å². The predicted octanol–water partition coefficient (Wildman–Crippen LogP) is 1.21. The Morgan fingerprint density at radius 2 is 1.77 bits per heavy atom. The second-order valence-electron chi connectivity index (χ2n) is 13.0. The number of unbranched alkanes of at least 4 members (excludes halogenated alkanes) is 1. The van der Waals surface area contributed by atoms with Gasteiger partial charge in [-0.2, -0.15) is 0 Å². The van der Waals surface area contributed by atoms with Crippen molar-refractivity contribution in [2.75, 3.05) is 59.1 Å². The summed E-state index contributed by atoms with van der Waals surface area (Å²) in [5.74, 6) is -3.34. The Balaban J connectivity index is 1.35. The lowest BCUT2D eigenvalue weighted by molar-refractivity contribution is -0.161. The van der Waals surface area contributed by atoms with Crippen LogP contribution in [0.2, 0.25) is 0 Å². The van der Waals surface area contributed by atoms with Crippen LogP contribution in [0.15, 0.2) is 54.6 Å². The van der Waals surface area contributed by atoms with E-state index in [1.807, 2.05) is 42.5 Å². The highest BCUT2D eigenvalue weighted by molar-refractivity contribution is 5.99. The molecule has 2 N–H and O–H groups in total. The van der Waals surface area contributed by atoms with Gasteiger partial charge < -0.3 is 34.4 Å². The van der Waals surface area contributed by atoms with E-state index in [4.69, 9.17) is 14.2 Å². The fourth-order valence-electron chi connectivity index (χ4n) is 7.67. The molecule has 1 spiro atoms. The van der Waals surface area contributed by atoms with Crippen LogP contribution in [0, 0.1) is 11.8 Å². The number of amides is 3. The molecule has 0 unspecified atom stereocenters. The summed E-state index contributed by atoms with van der Waals surface area (Å²) in [6.07, 6.45) is 7.24. The summed E-state index contributed by atoms with van der Waals surface area (Å²) < 4.78 is 18.5. The zero-order valence-electron chi connectivity index (χ0n) is 27.0. The topological polar surface area (TPSA) is 138 Å². The third kappa shape index (κ3) is 6.74. The van der Waals surface area contributed by atoms with Gasteiger partial charge in [-0.25, -0.2) is 0 Å². The number of likely N-dealkylation sites (tertiary alicyclic amines) is 1. The average Bonchev–Trinajstić information content (AvgIpc) is 3.46. The maximum Gasteiger partial charge on any atom is 0.313 e. The average molecular weight is 651 g/mol. The zero-order chi connectivity index (χ0) is 33.0. The monoisotopic (exact) mass is 650 g/mol. The SMILES string of the molecule is C[C@H]1NC(=O)CC/C=C\[C@H]2O[C@]34C=CCN(CCN5CCOCC5)C(=O)[C@H]3N(CCCCO)C(=O)[C@@H]4[C@H]2C(=O)O[C@@H]1c1ccccc1. The molecule has 1 aromatic rings. The minimum Gasteiger partial charge on any atom is -0.455 e. The maximum atomic E-state index is 14.5. The summed E-state index contributed by atoms with van der Waals surface area (Å²) in [6, 6.07) is 7.72. The molecule has 3 amide bonds. The van der Waals surface area contributed by atoms with E-state index in [1.54, 1.807) is 28.9 Å². The van der Waals surface area contributed by atoms with Gasteiger partial charge in [0.15, 0.2) is 0 Å². The molecule has 6 rings (SSSR count). The molecule has 3 fully saturated rings. The molecular weight excluding hydrogens is 604 g/mol. The van der Waals surface area contributed by atoms with Crippen LogP contribution in [-0.2, 0) is 33.4 Å². The van der Waals surface area contributed by atoms with Gasteiger partial charge in [-0.05, 0) is 31.7 Å². The third-order valence-corrected chi connectivity index (χ3v) is 10.0. The Hall–Kier alpha value is -3.58. The highest BCUT2D eigenvalue weighted by Crippen LogP contribution is 2.53. The van der Waals surface area contributed by atoms with Crippen LogP contribution in [0.1, 0.15) is 44.3 Å². The molecule has 12 heteroatoms. The molecule has 5 aliphatic heterocycles. The summed E-state index contributed by atoms with van der Waals surface area (Å²) in [4.78, 5) is 61.7. The Morgan fingerprint density at radius 1 is 0.979 bits per heavy atom. The van der Waals surface area contributed by atoms with Crippen molar-refractivity contribution in [3.63, 3.8) is 0 Å². The van der Waals surface area contributed by atoms with Crippen molar-refractivity contribution in [1.82, 2.24) is 20.0 Å². The lowest BCUT2D eigenvalue weighted by atomic mass is 9.77. The Kier molecular flexibility index (Phi) is 10.4. The second kappa shape index (κ2) is 14.7. The van der Waals surface area contributed by atoms with E-state index in [-0.39, 0.29) is 37.3 Å². The summed E-state index contributed by atoms with van der Waals surface area (Å²) in [7, 11) is 0. The highest BCUT2D eigenvalue weighted by Gasteiger charge is 2.71. The molecule has 7 atom stereocenters. The van der Waals surface area contributed by atoms with Crippen molar-refractivity contribution < 1.29 is 38.5 Å². The molecule has 254 valence electrons. The second-order valence-corrected chi connectivity index (χ2v) is 13.0. The number of hydrogen-bond donors (Lipinski definition) is 2. The van der Waals surface area contributed by atoms with Crippen LogP contribution >= 0.6 is 0 Å². The molecule has 3 saturated heterocycles. The number of carbonyl (C=O) groups is 4. The molecule has 0 aromatic heterocycles. The van der Waals surface area contributed by atoms with E-state index in [1.165, 1.54) is 0 Å². The molecule has 0 radical (unpaired) electrons. The molecule has 1 aromatic carbocycles. The van der Waals surface area contributed by atoms with Gasteiger partial charge in [0.25, 0.3) is 0 Å². The van der Waals surface area contributed by atoms with E-state index < -0.39 is 47.7 Å². The van der Waals surface area contributed by atoms with E-state index in [2.05, 4.69) is 10.2 Å². The van der Waals surface area contributed by atoms with Crippen molar-refractivity contribution >= 4 is 23.7 Å². The van der Waals surface area contributed by atoms with Crippen molar-refractivity contribution in [3.05, 3.63) is 60.2 Å². The first-order valence-corrected chi connectivity index (χ1v) is 16.9. The van der Waals surface area contributed by atoms with Crippen LogP contribution in [0.5, 0.6) is 0 Å². The molecule has 12 nitrogen and oxygen atoms in total. The summed E-state index contributed by atoms with van der Waals surface area (Å²) in [5, 5.41) is 12.5. The number of nitrogens with one attached hydrogen (secondary N) is 1. The molecule has 47 heavy (non-hydrogen) atoms. The lowest BCUT2D eigenvalue weighted by Crippen LogP contribution is -2.56. The maximum absolute atomic E-state index is 14.5. The first-order chi connectivity index (χ1) is 22.8. The van der Waals surface area contributed by atoms with E-state index in [0.29, 0.717) is 57.7 Å². The Bertz CT molecular complexity index is 1360. The van der Waals surface area contributed by atoms with Gasteiger partial charge in [-0.3, -0.25) is 24.1 Å². The minimum atomic E-state index is -1.39. The number of aliphatic hydroxyl groups excluding tert-OH is 1. The van der Waals surface area contributed by atoms with Crippen LogP contribution in [-0.4, -0.2) is 126 Å². The molecule has 0 saturated carbocycles. The normalized spacial score (nSPS) is 34.0. The number of benzene rings is 1. The van der Waals surface area contributed by atoms with Crippen molar-refractivity contribution in [3.8, 4) is 0 Å². The number of aliphatic hydroxyl groups is 1. The number of morpholine rings is 1. The van der Waals surface area contributed by atoms with Gasteiger partial charge in [-0.1, -0.05) is 54.6 Å². The van der Waals surface area contributed by atoms with Crippen molar-refractivity contribution in [2.45, 2.75) is 62.5 Å². The van der Waals surface area contributed by atoms with Crippen LogP contribution in [0.25, 0.3) is 0 Å². The van der Waals surface area contributed by atoms with Gasteiger partial charge in [0.05, 0.1) is 31.3 Å². The van der Waals surface area contributed by atoms with E-state index in [9.17, 15) is 24.3 Å². The van der Waals surface area contributed by atoms with Crippen LogP contribution in [0.3, 0.4) is 0 Å². The number of cyclic esters (lactones) is 1. The minimum absolute atomic E-state index is 0.0330. The number of rotatable bonds is 8. The molecule has 0 bridgehead atoms. The number of allylic oxidation sites excluding steroid dienone is 1. The smallest absolute Gasteiger partial charge is 0.313 e. The van der Waals surface area contributed by atoms with Gasteiger partial charge >= 0.3 is 5.97 Å². The summed E-state index contributed by atoms with van der Waals surface area (Å²) in [5.41, 5.74) is -0.671. The van der Waals surface area contributed by atoms with Crippen molar-refractivity contribution in [1.29, 1.82) is 0 Å². The lowest BCUT2D eigenvalue weighted by Gasteiger charge is -2.36. The fourth-order valence-corrected chi connectivity index (χ4v) is 7.67. The number of fused-ring (bicyclic) bond motifs is 2. The van der Waals surface area contributed by atoms with Gasteiger partial charge in [0, 0.05) is 52.3 Å². The van der Waals surface area contributed by atoms with Gasteiger partial charge in [0.2, 0.25) is 17.7 Å². The number of esters is 1. The van der Waals surface area contributed by atoms with Crippen LogP contribution < -0.4 is 5.32 Å². The number of carbonyl (C=O) groups excluding carboxylic acids is 4. The quantitative estimate of drug-likeness (QED) is 0.242. The highest BCUT2D eigenvalue weighted by atomic mass is 16.6. The fraction of sp³-hybridized carbons (Fsp3) is 0.600. The zero-order valence-corrected chi connectivity index (χ0v) is 27.0. The first-order valence-electron chi connectivity index (χ1n) is 16.9. The molecule has 5 aliphatic rings. The first kappa shape index (κ1) is 33.3. The molecule has 0 aliphatic carbocycles. The van der Waals surface area contributed by atoms with Gasteiger partial charge in [0.1, 0.15) is 23.7 Å². The van der Waals surface area contributed by atoms with Crippen molar-refractivity contribution in [2.24, 2.45) is 11.8 Å². The van der Waals surface area contributed by atoms with E-state index in [0.717, 1.165) is 13.1 Å². The largest absolute Gasteiger partial charge is 0.455 e. The molecule has 5 heterocycles. The summed E-state index contributed by atoms with van der Waals surface area (Å²) >= 11 is 0. The predicted molar refractivity (Wildman–Crippen MR) is 171 cm³/mol. The standard InChI is InChI=1S/C35H46N4O8/c1-24-30(25-10-3-2-4-11-25)46-34(44)28-26(12-5-6-13-27(41)36-24)47-35-14-9-15-38(18-17-37-19-22-45-23-20-37)33(43)31(35)39(16-7-8-21-40)32(42)29(28)35/h2-5,9-12,14,24,26,28-31,40H,6-8,13,15-23H2,1H3,(H,36,41)/b12-5-/t24-,26-,28+,29+,30+,31-,35+/m1/s1. The third-order valence-electron chi connectivity index (χ3n) is 10.0. The number of ether oxygens (including phenoxy) is 3. The molecular formula is C35H46N4O8.